The third-order valence-electron chi connectivity index (χ3n) is 4.85. The fraction of sp³-hybridized carbons (Fsp3) is 0.667. The van der Waals surface area contributed by atoms with Crippen LogP contribution in [0.3, 0.4) is 0 Å². The first-order valence-electron chi connectivity index (χ1n) is 7.52. The van der Waals surface area contributed by atoms with Gasteiger partial charge in [0.15, 0.2) is 0 Å². The zero-order valence-corrected chi connectivity index (χ0v) is 14.1. The van der Waals surface area contributed by atoms with E-state index in [-0.39, 0.29) is 5.41 Å². The van der Waals surface area contributed by atoms with Gasteiger partial charge in [-0.1, -0.05) is 20.8 Å². The standard InChI is InChI=1S/C18H31N/c1-9-19-11-10-18(7,8)17-15(5)13(3)12(2)14(4)16(17)6/h19H,9-11H2,1-8H3. The van der Waals surface area contributed by atoms with Gasteiger partial charge in [-0.15, -0.1) is 0 Å². The number of benzene rings is 1. The van der Waals surface area contributed by atoms with Crippen LogP contribution in [0.5, 0.6) is 0 Å². The molecule has 0 aromatic heterocycles. The van der Waals surface area contributed by atoms with Crippen molar-refractivity contribution in [3.8, 4) is 0 Å². The lowest BCUT2D eigenvalue weighted by Gasteiger charge is -2.32. The summed E-state index contributed by atoms with van der Waals surface area (Å²) in [5.74, 6) is 0. The molecule has 0 saturated heterocycles. The van der Waals surface area contributed by atoms with Crippen molar-refractivity contribution < 1.29 is 0 Å². The van der Waals surface area contributed by atoms with Crippen molar-refractivity contribution >= 4 is 0 Å². The Labute approximate surface area is 119 Å². The van der Waals surface area contributed by atoms with E-state index < -0.39 is 0 Å². The van der Waals surface area contributed by atoms with Gasteiger partial charge in [0.05, 0.1) is 0 Å². The van der Waals surface area contributed by atoms with Crippen molar-refractivity contribution in [2.24, 2.45) is 0 Å². The summed E-state index contributed by atoms with van der Waals surface area (Å²) in [7, 11) is 0. The Balaban J connectivity index is 3.26. The number of hydrogen-bond donors (Lipinski definition) is 1. The number of rotatable bonds is 5. The minimum atomic E-state index is 0.236. The summed E-state index contributed by atoms with van der Waals surface area (Å²) >= 11 is 0. The molecule has 0 unspecified atom stereocenters. The monoisotopic (exact) mass is 261 g/mol. The van der Waals surface area contributed by atoms with Gasteiger partial charge in [0.25, 0.3) is 0 Å². The van der Waals surface area contributed by atoms with Crippen molar-refractivity contribution in [2.75, 3.05) is 13.1 Å². The Kier molecular flexibility index (Phi) is 5.20. The minimum absolute atomic E-state index is 0.236. The maximum atomic E-state index is 3.45. The van der Waals surface area contributed by atoms with Gasteiger partial charge in [0, 0.05) is 0 Å². The van der Waals surface area contributed by atoms with E-state index in [1.54, 1.807) is 5.56 Å². The van der Waals surface area contributed by atoms with Crippen LogP contribution in [0.25, 0.3) is 0 Å². The van der Waals surface area contributed by atoms with Crippen LogP contribution in [0.4, 0.5) is 0 Å². The van der Waals surface area contributed by atoms with Crippen molar-refractivity contribution in [2.45, 2.75) is 67.2 Å². The fourth-order valence-electron chi connectivity index (χ4n) is 3.22. The molecule has 1 heteroatoms. The molecule has 0 amide bonds. The third-order valence-corrected chi connectivity index (χ3v) is 4.85. The summed E-state index contributed by atoms with van der Waals surface area (Å²) in [4.78, 5) is 0. The van der Waals surface area contributed by atoms with Crippen molar-refractivity contribution in [1.29, 1.82) is 0 Å². The average molecular weight is 261 g/mol. The highest BCUT2D eigenvalue weighted by Crippen LogP contribution is 2.36. The van der Waals surface area contributed by atoms with Gasteiger partial charge < -0.3 is 5.32 Å². The number of nitrogens with one attached hydrogen (secondary N) is 1. The van der Waals surface area contributed by atoms with Crippen LogP contribution in [0.2, 0.25) is 0 Å². The lowest BCUT2D eigenvalue weighted by atomic mass is 9.74. The molecule has 0 aliphatic carbocycles. The molecule has 0 atom stereocenters. The predicted octanol–water partition coefficient (Wildman–Crippen LogP) is 4.51. The molecule has 1 N–H and O–H groups in total. The smallest absolute Gasteiger partial charge is 0.00407 e. The van der Waals surface area contributed by atoms with Crippen LogP contribution in [-0.4, -0.2) is 13.1 Å². The average Bonchev–Trinajstić information content (AvgIpc) is 2.34. The summed E-state index contributed by atoms with van der Waals surface area (Å²) in [5.41, 5.74) is 9.17. The fourth-order valence-corrected chi connectivity index (χ4v) is 3.22. The molecule has 1 aromatic rings. The van der Waals surface area contributed by atoms with Crippen LogP contribution in [0.15, 0.2) is 0 Å². The summed E-state index contributed by atoms with van der Waals surface area (Å²) < 4.78 is 0. The molecule has 0 fully saturated rings. The highest BCUT2D eigenvalue weighted by molar-refractivity contribution is 5.52. The van der Waals surface area contributed by atoms with E-state index in [4.69, 9.17) is 0 Å². The van der Waals surface area contributed by atoms with Crippen molar-refractivity contribution in [3.63, 3.8) is 0 Å². The summed E-state index contributed by atoms with van der Waals surface area (Å²) in [6.07, 6.45) is 1.18. The zero-order chi connectivity index (χ0) is 14.8. The first-order chi connectivity index (χ1) is 8.74. The van der Waals surface area contributed by atoms with E-state index in [2.05, 4.69) is 60.7 Å². The first-order valence-corrected chi connectivity index (χ1v) is 7.52. The van der Waals surface area contributed by atoms with Gasteiger partial charge in [-0.2, -0.15) is 0 Å². The van der Waals surface area contributed by atoms with Gasteiger partial charge in [-0.3, -0.25) is 0 Å². The molecule has 0 heterocycles. The largest absolute Gasteiger partial charge is 0.317 e. The lowest BCUT2D eigenvalue weighted by molar-refractivity contribution is 0.456. The Morgan fingerprint density at radius 3 is 1.63 bits per heavy atom. The second-order valence-corrected chi connectivity index (χ2v) is 6.49. The number of hydrogen-bond acceptors (Lipinski definition) is 1. The van der Waals surface area contributed by atoms with E-state index >= 15 is 0 Å². The van der Waals surface area contributed by atoms with Gasteiger partial charge in [-0.25, -0.2) is 0 Å². The summed E-state index contributed by atoms with van der Waals surface area (Å²) in [6, 6.07) is 0. The lowest BCUT2D eigenvalue weighted by Crippen LogP contribution is -2.27. The molecule has 1 nitrogen and oxygen atoms in total. The SMILES string of the molecule is CCNCCC(C)(C)c1c(C)c(C)c(C)c(C)c1C. The molecule has 0 saturated carbocycles. The van der Waals surface area contributed by atoms with Gasteiger partial charge in [0.2, 0.25) is 0 Å². The van der Waals surface area contributed by atoms with Gasteiger partial charge in [-0.05, 0) is 92.9 Å². The molecular weight excluding hydrogens is 230 g/mol. The Bertz CT molecular complexity index is 426. The van der Waals surface area contributed by atoms with Gasteiger partial charge in [0.1, 0.15) is 0 Å². The molecule has 19 heavy (non-hydrogen) atoms. The first kappa shape index (κ1) is 16.2. The predicted molar refractivity (Wildman–Crippen MR) is 86.3 cm³/mol. The normalized spacial score (nSPS) is 12.0. The summed E-state index contributed by atoms with van der Waals surface area (Å²) in [5, 5.41) is 3.45. The second kappa shape index (κ2) is 6.09. The Morgan fingerprint density at radius 1 is 0.789 bits per heavy atom. The molecule has 0 aliphatic heterocycles. The van der Waals surface area contributed by atoms with Crippen molar-refractivity contribution in [3.05, 3.63) is 33.4 Å². The molecular formula is C18H31N. The molecule has 1 rings (SSSR count). The Morgan fingerprint density at radius 2 is 1.21 bits per heavy atom. The van der Waals surface area contributed by atoms with E-state index in [0.717, 1.165) is 13.1 Å². The Hall–Kier alpha value is -0.820. The molecule has 0 aliphatic rings. The third kappa shape index (κ3) is 3.20. The van der Waals surface area contributed by atoms with E-state index in [9.17, 15) is 0 Å². The van der Waals surface area contributed by atoms with Crippen LogP contribution >= 0.6 is 0 Å². The highest BCUT2D eigenvalue weighted by Gasteiger charge is 2.26. The van der Waals surface area contributed by atoms with Crippen LogP contribution in [-0.2, 0) is 5.41 Å². The molecule has 1 aromatic carbocycles. The van der Waals surface area contributed by atoms with Crippen LogP contribution in [0, 0.1) is 34.6 Å². The highest BCUT2D eigenvalue weighted by atomic mass is 14.8. The quantitative estimate of drug-likeness (QED) is 0.769. The maximum absolute atomic E-state index is 3.45. The van der Waals surface area contributed by atoms with E-state index in [1.807, 2.05) is 0 Å². The van der Waals surface area contributed by atoms with Gasteiger partial charge >= 0.3 is 0 Å². The second-order valence-electron chi connectivity index (χ2n) is 6.49. The van der Waals surface area contributed by atoms with Crippen LogP contribution in [0.1, 0.15) is 60.6 Å². The van der Waals surface area contributed by atoms with Crippen LogP contribution < -0.4 is 5.32 Å². The molecule has 0 radical (unpaired) electrons. The minimum Gasteiger partial charge on any atom is -0.317 e. The van der Waals surface area contributed by atoms with Crippen molar-refractivity contribution in [1.82, 2.24) is 5.32 Å². The topological polar surface area (TPSA) is 12.0 Å². The molecule has 0 bridgehead atoms. The maximum Gasteiger partial charge on any atom is -0.00407 e. The molecule has 108 valence electrons. The van der Waals surface area contributed by atoms with E-state index in [1.165, 1.54) is 34.2 Å². The summed E-state index contributed by atoms with van der Waals surface area (Å²) in [6.45, 7) is 20.4. The molecule has 0 spiro atoms. The van der Waals surface area contributed by atoms with E-state index in [0.29, 0.717) is 0 Å². The zero-order valence-electron chi connectivity index (χ0n) is 14.1.